The number of amides is 1. The highest BCUT2D eigenvalue weighted by molar-refractivity contribution is 7.80. The van der Waals surface area contributed by atoms with Crippen LogP contribution in [-0.2, 0) is 4.79 Å². The summed E-state index contributed by atoms with van der Waals surface area (Å²) in [6.45, 7) is 2.25. The molecule has 0 aromatic heterocycles. The number of carbonyl (C=O) groups is 1. The molecule has 0 radical (unpaired) electrons. The average molecular weight is 381 g/mol. The van der Waals surface area contributed by atoms with Crippen molar-refractivity contribution >= 4 is 28.9 Å². The van der Waals surface area contributed by atoms with Crippen molar-refractivity contribution in [2.45, 2.75) is 84.0 Å². The minimum absolute atomic E-state index is 0.0689. The first-order valence-electron chi connectivity index (χ1n) is 9.98. The van der Waals surface area contributed by atoms with E-state index >= 15 is 0 Å². The summed E-state index contributed by atoms with van der Waals surface area (Å²) in [7, 11) is 0. The van der Waals surface area contributed by atoms with Gasteiger partial charge in [-0.05, 0) is 42.9 Å². The second-order valence-electron chi connectivity index (χ2n) is 6.79. The summed E-state index contributed by atoms with van der Waals surface area (Å²) < 4.78 is 12.8. The fraction of sp³-hybridized carbons (Fsp3) is 0.619. The SMILES string of the molecule is CCCCCCCCCCCCCC(=O)NC(=S)Nc1ccc(F)cc1. The topological polar surface area (TPSA) is 41.1 Å². The molecule has 1 aromatic rings. The van der Waals surface area contributed by atoms with Gasteiger partial charge in [0.05, 0.1) is 0 Å². The second-order valence-corrected chi connectivity index (χ2v) is 7.20. The maximum atomic E-state index is 12.8. The quantitative estimate of drug-likeness (QED) is 0.310. The molecule has 26 heavy (non-hydrogen) atoms. The van der Waals surface area contributed by atoms with E-state index in [1.807, 2.05) is 0 Å². The standard InChI is InChI=1S/C21H33FN2OS/c1-2-3-4-5-6-7-8-9-10-11-12-13-20(25)24-21(26)23-19-16-14-18(22)15-17-19/h14-17H,2-13H2,1H3,(H2,23,24,25,26). The first-order chi connectivity index (χ1) is 12.6. The van der Waals surface area contributed by atoms with E-state index in [-0.39, 0.29) is 16.8 Å². The molecule has 3 nitrogen and oxygen atoms in total. The number of hydrogen-bond acceptors (Lipinski definition) is 2. The summed E-state index contributed by atoms with van der Waals surface area (Å²) in [5.74, 6) is -0.373. The number of carbonyl (C=O) groups excluding carboxylic acids is 1. The average Bonchev–Trinajstić information content (AvgIpc) is 2.61. The Morgan fingerprint density at radius 2 is 1.38 bits per heavy atom. The third-order valence-corrected chi connectivity index (χ3v) is 4.57. The predicted molar refractivity (Wildman–Crippen MR) is 112 cm³/mol. The fourth-order valence-corrected chi connectivity index (χ4v) is 3.07. The van der Waals surface area contributed by atoms with Gasteiger partial charge in [0, 0.05) is 12.1 Å². The molecule has 1 amide bonds. The lowest BCUT2D eigenvalue weighted by Gasteiger charge is -2.09. The fourth-order valence-electron chi connectivity index (χ4n) is 2.83. The normalized spacial score (nSPS) is 10.5. The molecule has 146 valence electrons. The van der Waals surface area contributed by atoms with Crippen molar-refractivity contribution in [3.63, 3.8) is 0 Å². The van der Waals surface area contributed by atoms with Crippen LogP contribution in [0.15, 0.2) is 24.3 Å². The highest BCUT2D eigenvalue weighted by atomic mass is 32.1. The minimum atomic E-state index is -0.304. The first-order valence-corrected chi connectivity index (χ1v) is 10.4. The van der Waals surface area contributed by atoms with Gasteiger partial charge < -0.3 is 10.6 Å². The number of rotatable bonds is 13. The molecule has 0 bridgehead atoms. The van der Waals surface area contributed by atoms with Gasteiger partial charge in [-0.3, -0.25) is 4.79 Å². The Morgan fingerprint density at radius 1 is 0.885 bits per heavy atom. The summed E-state index contributed by atoms with van der Waals surface area (Å²) >= 11 is 5.10. The van der Waals surface area contributed by atoms with E-state index in [0.29, 0.717) is 12.1 Å². The smallest absolute Gasteiger partial charge is 0.226 e. The number of benzene rings is 1. The Hall–Kier alpha value is -1.49. The maximum absolute atomic E-state index is 12.8. The number of hydrogen-bond donors (Lipinski definition) is 2. The monoisotopic (exact) mass is 380 g/mol. The lowest BCUT2D eigenvalue weighted by atomic mass is 10.1. The Kier molecular flexibility index (Phi) is 12.7. The second kappa shape index (κ2) is 14.7. The zero-order valence-electron chi connectivity index (χ0n) is 16.0. The van der Waals surface area contributed by atoms with Crippen molar-refractivity contribution < 1.29 is 9.18 Å². The lowest BCUT2D eigenvalue weighted by molar-refractivity contribution is -0.119. The molecule has 0 aliphatic heterocycles. The molecule has 0 saturated heterocycles. The summed E-state index contributed by atoms with van der Waals surface area (Å²) in [5.41, 5.74) is 0.659. The minimum Gasteiger partial charge on any atom is -0.332 e. The van der Waals surface area contributed by atoms with Crippen LogP contribution in [0.25, 0.3) is 0 Å². The Balaban J connectivity index is 1.96. The third kappa shape index (κ3) is 12.0. The molecule has 5 heteroatoms. The largest absolute Gasteiger partial charge is 0.332 e. The molecular weight excluding hydrogens is 347 g/mol. The van der Waals surface area contributed by atoms with Crippen LogP contribution in [0.1, 0.15) is 84.0 Å². The summed E-state index contributed by atoms with van der Waals surface area (Å²) in [6, 6.07) is 5.85. The highest BCUT2D eigenvalue weighted by Crippen LogP contribution is 2.12. The van der Waals surface area contributed by atoms with E-state index in [1.54, 1.807) is 12.1 Å². The van der Waals surface area contributed by atoms with Crippen molar-refractivity contribution in [2.24, 2.45) is 0 Å². The number of unbranched alkanes of at least 4 members (excludes halogenated alkanes) is 10. The molecule has 1 rings (SSSR count). The molecule has 0 atom stereocenters. The van der Waals surface area contributed by atoms with E-state index in [9.17, 15) is 9.18 Å². The van der Waals surface area contributed by atoms with Gasteiger partial charge in [0.1, 0.15) is 5.82 Å². The van der Waals surface area contributed by atoms with Crippen LogP contribution in [-0.4, -0.2) is 11.0 Å². The van der Waals surface area contributed by atoms with Gasteiger partial charge in [-0.1, -0.05) is 71.1 Å². The van der Waals surface area contributed by atoms with Crippen molar-refractivity contribution in [3.05, 3.63) is 30.1 Å². The Morgan fingerprint density at radius 3 is 1.92 bits per heavy atom. The summed E-state index contributed by atoms with van der Waals surface area (Å²) in [4.78, 5) is 11.9. The van der Waals surface area contributed by atoms with Crippen LogP contribution in [0.3, 0.4) is 0 Å². The third-order valence-electron chi connectivity index (χ3n) is 4.36. The lowest BCUT2D eigenvalue weighted by Crippen LogP contribution is -2.33. The highest BCUT2D eigenvalue weighted by Gasteiger charge is 2.05. The van der Waals surface area contributed by atoms with Crippen LogP contribution in [0.5, 0.6) is 0 Å². The van der Waals surface area contributed by atoms with E-state index in [1.165, 1.54) is 69.9 Å². The number of nitrogens with one attached hydrogen (secondary N) is 2. The van der Waals surface area contributed by atoms with Crippen LogP contribution >= 0.6 is 12.2 Å². The van der Waals surface area contributed by atoms with Crippen molar-refractivity contribution in [1.82, 2.24) is 5.32 Å². The molecule has 0 heterocycles. The van der Waals surface area contributed by atoms with Gasteiger partial charge in [0.2, 0.25) is 5.91 Å². The summed E-state index contributed by atoms with van der Waals surface area (Å²) in [5, 5.41) is 5.80. The van der Waals surface area contributed by atoms with Crippen LogP contribution < -0.4 is 10.6 Å². The van der Waals surface area contributed by atoms with E-state index in [4.69, 9.17) is 12.2 Å². The van der Waals surface area contributed by atoms with E-state index < -0.39 is 0 Å². The number of halogens is 1. The van der Waals surface area contributed by atoms with Crippen molar-refractivity contribution in [1.29, 1.82) is 0 Å². The van der Waals surface area contributed by atoms with Gasteiger partial charge >= 0.3 is 0 Å². The zero-order chi connectivity index (χ0) is 19.0. The van der Waals surface area contributed by atoms with E-state index in [0.717, 1.165) is 12.8 Å². The molecule has 0 aliphatic rings. The van der Waals surface area contributed by atoms with Crippen molar-refractivity contribution in [2.75, 3.05) is 5.32 Å². The zero-order valence-corrected chi connectivity index (χ0v) is 16.8. The Bertz CT molecular complexity index is 519. The van der Waals surface area contributed by atoms with Gasteiger partial charge in [0.25, 0.3) is 0 Å². The first kappa shape index (κ1) is 22.6. The molecule has 0 spiro atoms. The van der Waals surface area contributed by atoms with Gasteiger partial charge in [-0.15, -0.1) is 0 Å². The van der Waals surface area contributed by atoms with Crippen LogP contribution in [0, 0.1) is 5.82 Å². The molecule has 2 N–H and O–H groups in total. The number of thiocarbonyl (C=S) groups is 1. The predicted octanol–water partition coefficient (Wildman–Crippen LogP) is 6.34. The van der Waals surface area contributed by atoms with Gasteiger partial charge in [-0.2, -0.15) is 0 Å². The summed E-state index contributed by atoms with van der Waals surface area (Å²) in [6.07, 6.45) is 14.4. The van der Waals surface area contributed by atoms with Crippen LogP contribution in [0.4, 0.5) is 10.1 Å². The van der Waals surface area contributed by atoms with E-state index in [2.05, 4.69) is 17.6 Å². The number of anilines is 1. The molecular formula is C21H33FN2OS. The maximum Gasteiger partial charge on any atom is 0.226 e. The van der Waals surface area contributed by atoms with Gasteiger partial charge in [0.15, 0.2) is 5.11 Å². The van der Waals surface area contributed by atoms with Gasteiger partial charge in [-0.25, -0.2) is 4.39 Å². The van der Waals surface area contributed by atoms with Crippen LogP contribution in [0.2, 0.25) is 0 Å². The molecule has 0 fully saturated rings. The molecule has 1 aromatic carbocycles. The molecule has 0 aliphatic carbocycles. The Labute approximate surface area is 163 Å². The molecule has 0 unspecified atom stereocenters. The molecule has 0 saturated carbocycles. The van der Waals surface area contributed by atoms with Crippen molar-refractivity contribution in [3.8, 4) is 0 Å².